The van der Waals surface area contributed by atoms with Crippen molar-refractivity contribution in [1.29, 1.82) is 0 Å². The molecule has 1 aliphatic heterocycles. The number of anilines is 1. The van der Waals surface area contributed by atoms with Crippen LogP contribution in [0.2, 0.25) is 0 Å². The summed E-state index contributed by atoms with van der Waals surface area (Å²) in [7, 11) is 0. The van der Waals surface area contributed by atoms with Gasteiger partial charge < -0.3 is 15.5 Å². The number of amides is 2. The second-order valence-corrected chi connectivity index (χ2v) is 6.69. The fraction of sp³-hybridized carbons (Fsp3) is 0.381. The molecule has 0 spiro atoms. The summed E-state index contributed by atoms with van der Waals surface area (Å²) in [6.07, 6.45) is 6.95. The first-order valence-electron chi connectivity index (χ1n) is 9.53. The molecule has 1 fully saturated rings. The molecule has 0 aliphatic carbocycles. The van der Waals surface area contributed by atoms with Crippen LogP contribution in [0.15, 0.2) is 54.9 Å². The maximum absolute atomic E-state index is 12.8. The van der Waals surface area contributed by atoms with Crippen LogP contribution in [-0.2, 0) is 4.79 Å². The Morgan fingerprint density at radius 3 is 2.70 bits per heavy atom. The third-order valence-electron chi connectivity index (χ3n) is 4.73. The largest absolute Gasteiger partial charge is 0.384 e. The van der Waals surface area contributed by atoms with Gasteiger partial charge in [-0.3, -0.25) is 14.6 Å². The molecule has 2 N–H and O–H groups in total. The van der Waals surface area contributed by atoms with Crippen molar-refractivity contribution in [2.75, 3.05) is 25.0 Å². The van der Waals surface area contributed by atoms with Crippen LogP contribution in [0.1, 0.15) is 36.0 Å². The highest BCUT2D eigenvalue weighted by molar-refractivity contribution is 5.97. The molecule has 6 heteroatoms. The molecule has 2 amide bonds. The standard InChI is InChI=1S/C21H26N4O2/c26-20(24-14-7-13-23-18-10-6-12-22-16-18)19-11-4-5-15-25(19)21(27)17-8-2-1-3-9-17/h1-3,6,8-10,12,16,19,23H,4-5,7,11,13-15H2,(H,24,26)/t19-/m0/s1. The minimum atomic E-state index is -0.377. The second-order valence-electron chi connectivity index (χ2n) is 6.69. The van der Waals surface area contributed by atoms with Crippen LogP contribution >= 0.6 is 0 Å². The van der Waals surface area contributed by atoms with E-state index < -0.39 is 0 Å². The normalized spacial score (nSPS) is 16.6. The van der Waals surface area contributed by atoms with E-state index >= 15 is 0 Å². The number of hydrogen-bond donors (Lipinski definition) is 2. The van der Waals surface area contributed by atoms with Crippen molar-refractivity contribution in [1.82, 2.24) is 15.2 Å². The Bertz CT molecular complexity index is 736. The van der Waals surface area contributed by atoms with E-state index in [4.69, 9.17) is 0 Å². The lowest BCUT2D eigenvalue weighted by molar-refractivity contribution is -0.126. The van der Waals surface area contributed by atoms with Crippen molar-refractivity contribution < 1.29 is 9.59 Å². The van der Waals surface area contributed by atoms with Crippen LogP contribution in [0.4, 0.5) is 5.69 Å². The van der Waals surface area contributed by atoms with Crippen molar-refractivity contribution in [2.24, 2.45) is 0 Å². The third kappa shape index (κ3) is 5.29. The second kappa shape index (κ2) is 9.71. The molecule has 2 heterocycles. The van der Waals surface area contributed by atoms with Crippen LogP contribution in [0, 0.1) is 0 Å². The molecular formula is C21H26N4O2. The minimum absolute atomic E-state index is 0.0552. The fourth-order valence-electron chi connectivity index (χ4n) is 3.31. The molecule has 1 aliphatic rings. The summed E-state index contributed by atoms with van der Waals surface area (Å²) in [6, 6.07) is 12.6. The van der Waals surface area contributed by atoms with Gasteiger partial charge in [-0.1, -0.05) is 18.2 Å². The van der Waals surface area contributed by atoms with Gasteiger partial charge in [-0.25, -0.2) is 0 Å². The number of aromatic nitrogens is 1. The molecule has 0 unspecified atom stereocenters. The predicted molar refractivity (Wildman–Crippen MR) is 105 cm³/mol. The van der Waals surface area contributed by atoms with Gasteiger partial charge in [0.1, 0.15) is 6.04 Å². The molecule has 0 saturated carbocycles. The summed E-state index contributed by atoms with van der Waals surface area (Å²) in [6.45, 7) is 1.97. The highest BCUT2D eigenvalue weighted by Gasteiger charge is 2.32. The van der Waals surface area contributed by atoms with Crippen molar-refractivity contribution in [3.8, 4) is 0 Å². The number of benzene rings is 1. The number of nitrogens with zero attached hydrogens (tertiary/aromatic N) is 2. The molecule has 0 bridgehead atoms. The van der Waals surface area contributed by atoms with E-state index in [9.17, 15) is 9.59 Å². The summed E-state index contributed by atoms with van der Waals surface area (Å²) in [5.41, 5.74) is 1.61. The van der Waals surface area contributed by atoms with Gasteiger partial charge in [0.2, 0.25) is 5.91 Å². The lowest BCUT2D eigenvalue weighted by Crippen LogP contribution is -2.52. The summed E-state index contributed by atoms with van der Waals surface area (Å²) in [4.78, 5) is 31.2. The Morgan fingerprint density at radius 1 is 1.07 bits per heavy atom. The van der Waals surface area contributed by atoms with Crippen LogP contribution < -0.4 is 10.6 Å². The molecule has 2 aromatic rings. The molecule has 27 heavy (non-hydrogen) atoms. The van der Waals surface area contributed by atoms with E-state index in [0.717, 1.165) is 37.9 Å². The molecule has 1 atom stereocenters. The number of piperidine rings is 1. The average molecular weight is 366 g/mol. The van der Waals surface area contributed by atoms with E-state index in [0.29, 0.717) is 18.7 Å². The van der Waals surface area contributed by atoms with Gasteiger partial charge in [-0.2, -0.15) is 0 Å². The van der Waals surface area contributed by atoms with Crippen molar-refractivity contribution in [3.05, 3.63) is 60.4 Å². The Balaban J connectivity index is 1.47. The van der Waals surface area contributed by atoms with Crippen LogP contribution in [0.5, 0.6) is 0 Å². The summed E-state index contributed by atoms with van der Waals surface area (Å²) >= 11 is 0. The quantitative estimate of drug-likeness (QED) is 0.739. The van der Waals surface area contributed by atoms with Gasteiger partial charge in [-0.15, -0.1) is 0 Å². The Morgan fingerprint density at radius 2 is 1.93 bits per heavy atom. The van der Waals surface area contributed by atoms with Gasteiger partial charge in [0.15, 0.2) is 0 Å². The Labute approximate surface area is 160 Å². The Kier molecular flexibility index (Phi) is 6.79. The maximum atomic E-state index is 12.8. The van der Waals surface area contributed by atoms with E-state index in [1.54, 1.807) is 29.4 Å². The molecule has 1 aromatic carbocycles. The highest BCUT2D eigenvalue weighted by Crippen LogP contribution is 2.20. The first kappa shape index (κ1) is 18.9. The molecule has 142 valence electrons. The SMILES string of the molecule is O=C(NCCCNc1cccnc1)[C@@H]1CCCCN1C(=O)c1ccccc1. The van der Waals surface area contributed by atoms with Gasteiger partial charge >= 0.3 is 0 Å². The number of nitrogens with one attached hydrogen (secondary N) is 2. The van der Waals surface area contributed by atoms with Gasteiger partial charge in [0.25, 0.3) is 5.91 Å². The highest BCUT2D eigenvalue weighted by atomic mass is 16.2. The first-order valence-corrected chi connectivity index (χ1v) is 9.53. The van der Waals surface area contributed by atoms with Crippen molar-refractivity contribution in [3.63, 3.8) is 0 Å². The number of carbonyl (C=O) groups is 2. The van der Waals surface area contributed by atoms with Crippen molar-refractivity contribution >= 4 is 17.5 Å². The van der Waals surface area contributed by atoms with Crippen molar-refractivity contribution in [2.45, 2.75) is 31.7 Å². The van der Waals surface area contributed by atoms with Crippen LogP contribution in [0.3, 0.4) is 0 Å². The lowest BCUT2D eigenvalue weighted by atomic mass is 10.00. The number of pyridine rings is 1. The molecule has 1 aromatic heterocycles. The van der Waals surface area contributed by atoms with E-state index in [1.165, 1.54) is 0 Å². The summed E-state index contributed by atoms with van der Waals surface area (Å²) in [5, 5.41) is 6.25. The van der Waals surface area contributed by atoms with Gasteiger partial charge in [0, 0.05) is 37.6 Å². The first-order chi connectivity index (χ1) is 13.3. The minimum Gasteiger partial charge on any atom is -0.384 e. The van der Waals surface area contributed by atoms with Crippen LogP contribution in [0.25, 0.3) is 0 Å². The maximum Gasteiger partial charge on any atom is 0.254 e. The van der Waals surface area contributed by atoms with Gasteiger partial charge in [-0.05, 0) is 49.9 Å². The smallest absolute Gasteiger partial charge is 0.254 e. The lowest BCUT2D eigenvalue weighted by Gasteiger charge is -2.34. The number of carbonyl (C=O) groups excluding carboxylic acids is 2. The van der Waals surface area contributed by atoms with E-state index in [2.05, 4.69) is 15.6 Å². The zero-order chi connectivity index (χ0) is 18.9. The third-order valence-corrected chi connectivity index (χ3v) is 4.73. The van der Waals surface area contributed by atoms with Gasteiger partial charge in [0.05, 0.1) is 5.69 Å². The monoisotopic (exact) mass is 366 g/mol. The molecule has 3 rings (SSSR count). The van der Waals surface area contributed by atoms with Crippen LogP contribution in [-0.4, -0.2) is 47.4 Å². The molecule has 1 saturated heterocycles. The predicted octanol–water partition coefficient (Wildman–Crippen LogP) is 2.69. The Hall–Kier alpha value is -2.89. The molecular weight excluding hydrogens is 340 g/mol. The average Bonchev–Trinajstić information content (AvgIpc) is 2.74. The number of likely N-dealkylation sites (tertiary alicyclic amines) is 1. The summed E-state index contributed by atoms with van der Waals surface area (Å²) < 4.78 is 0. The zero-order valence-electron chi connectivity index (χ0n) is 15.4. The molecule has 0 radical (unpaired) electrons. The fourth-order valence-corrected chi connectivity index (χ4v) is 3.31. The van der Waals surface area contributed by atoms with E-state index in [1.807, 2.05) is 30.3 Å². The van der Waals surface area contributed by atoms with E-state index in [-0.39, 0.29) is 17.9 Å². The zero-order valence-corrected chi connectivity index (χ0v) is 15.4. The summed E-state index contributed by atoms with van der Waals surface area (Å²) in [5.74, 6) is -0.117. The number of hydrogen-bond acceptors (Lipinski definition) is 4. The number of rotatable bonds is 7. The molecule has 6 nitrogen and oxygen atoms in total. The topological polar surface area (TPSA) is 74.3 Å².